The van der Waals surface area contributed by atoms with Crippen molar-refractivity contribution >= 4 is 101 Å². The first-order valence-corrected chi connectivity index (χ1v) is 25.3. The summed E-state index contributed by atoms with van der Waals surface area (Å²) in [6.07, 6.45) is 2.16. The Balaban J connectivity index is 0.000000145. The lowest BCUT2D eigenvalue weighted by Crippen LogP contribution is -2.44. The number of imide groups is 1. The summed E-state index contributed by atoms with van der Waals surface area (Å²) in [5, 5.41) is 10.5. The van der Waals surface area contributed by atoms with Crippen LogP contribution in [0.25, 0.3) is 78.6 Å². The molecule has 2 amide bonds. The van der Waals surface area contributed by atoms with Gasteiger partial charge in [-0.1, -0.05) is 121 Å². The molecule has 0 aliphatic rings. The second-order valence-corrected chi connectivity index (χ2v) is 20.2. The van der Waals surface area contributed by atoms with Crippen molar-refractivity contribution in [1.82, 2.24) is 29.9 Å². The maximum Gasteiger partial charge on any atom is 0.425 e. The molecule has 0 unspecified atom stereocenters. The van der Waals surface area contributed by atoms with E-state index in [2.05, 4.69) is 61.8 Å². The standard InChI is InChI=1S/C22H24BrN3O5.C12H8BrN3O.C12H9N3O.C11H8N2O/c1-21(2,3)30-19(27)26(20(28)31-22(4,5)6)17-14-15(23)16(13-10-8-7-9-11-13)29-18(14)25-12-24-17;13-9-8-11(14)15-6-16-12(8)17-10(9)7-4-2-1-3-5-7;13-11-9-6-10(8-4-2-1-3-5-8)16-12(9)15-7-14-11;12-7-9-6-10(14-11(9)13)8-4-2-1-3-5-8/h7-12H,1-6H3;1-6H,(H2,14,15,16);1-7H,(H2,13,14,15);1-6H,13H2. The third-order valence-corrected chi connectivity index (χ3v) is 12.2. The Kier molecular flexibility index (Phi) is 16.6. The molecule has 0 bridgehead atoms. The number of nitrogens with two attached hydrogens (primary N) is 3. The Morgan fingerprint density at radius 1 is 0.526 bits per heavy atom. The Morgan fingerprint density at radius 3 is 1.37 bits per heavy atom. The lowest BCUT2D eigenvalue weighted by Gasteiger charge is -2.28. The van der Waals surface area contributed by atoms with E-state index in [4.69, 9.17) is 49.6 Å². The van der Waals surface area contributed by atoms with Gasteiger partial charge in [-0.2, -0.15) is 10.2 Å². The predicted octanol–water partition coefficient (Wildman–Crippen LogP) is 14.4. The molecule has 11 aromatic rings. The number of hydrogen-bond donors (Lipinski definition) is 3. The highest BCUT2D eigenvalue weighted by molar-refractivity contribution is 9.11. The molecule has 0 fully saturated rings. The lowest BCUT2D eigenvalue weighted by molar-refractivity contribution is 0.0429. The van der Waals surface area contributed by atoms with Gasteiger partial charge in [0.25, 0.3) is 0 Å². The normalized spacial score (nSPS) is 11.1. The number of benzene rings is 4. The molecule has 78 heavy (non-hydrogen) atoms. The van der Waals surface area contributed by atoms with Gasteiger partial charge in [0.1, 0.15) is 65.0 Å². The van der Waals surface area contributed by atoms with E-state index in [1.807, 2.05) is 133 Å². The third kappa shape index (κ3) is 13.0. The fourth-order valence-corrected chi connectivity index (χ4v) is 8.58. The number of nitrogen functional groups attached to an aromatic ring is 3. The molecule has 6 N–H and O–H groups in total. The first kappa shape index (κ1) is 54.9. The molecule has 0 aliphatic heterocycles. The van der Waals surface area contributed by atoms with Crippen LogP contribution in [0, 0.1) is 11.3 Å². The van der Waals surface area contributed by atoms with E-state index in [0.29, 0.717) is 61.2 Å². The van der Waals surface area contributed by atoms with Crippen LogP contribution in [0.4, 0.5) is 32.9 Å². The number of furan rings is 4. The number of nitriles is 1. The molecule has 4 aromatic carbocycles. The van der Waals surface area contributed by atoms with Crippen LogP contribution in [-0.2, 0) is 9.47 Å². The Hall–Kier alpha value is -9.39. The summed E-state index contributed by atoms with van der Waals surface area (Å²) in [5.41, 5.74) is 20.6. The summed E-state index contributed by atoms with van der Waals surface area (Å²) in [6.45, 7) is 10.2. The Bertz CT molecular complexity index is 3880. The van der Waals surface area contributed by atoms with Gasteiger partial charge in [-0.25, -0.2) is 39.5 Å². The van der Waals surface area contributed by atoms with Gasteiger partial charge in [-0.3, -0.25) is 0 Å². The quantitative estimate of drug-likeness (QED) is 0.144. The fourth-order valence-electron chi connectivity index (χ4n) is 7.24. The topological polar surface area (TPSA) is 288 Å². The molecule has 0 atom stereocenters. The van der Waals surface area contributed by atoms with Crippen molar-refractivity contribution in [3.8, 4) is 51.4 Å². The number of carbonyl (C=O) groups excluding carboxylic acids is 2. The Labute approximate surface area is 463 Å². The Morgan fingerprint density at radius 2 is 0.936 bits per heavy atom. The third-order valence-electron chi connectivity index (χ3n) is 10.7. The number of hydrogen-bond acceptors (Lipinski definition) is 18. The number of fused-ring (bicyclic) bond motifs is 3. The largest absolute Gasteiger partial charge is 0.443 e. The average molecular weight is 1180 g/mol. The number of aromatic nitrogens is 6. The van der Waals surface area contributed by atoms with Crippen molar-refractivity contribution < 1.29 is 36.7 Å². The zero-order valence-corrected chi connectivity index (χ0v) is 45.9. The molecule has 0 radical (unpaired) electrons. The maximum atomic E-state index is 13.0. The minimum atomic E-state index is -0.920. The fraction of sp³-hybridized carbons (Fsp3) is 0.140. The number of anilines is 4. The number of carbonyl (C=O) groups is 2. The van der Waals surface area contributed by atoms with Crippen molar-refractivity contribution in [2.45, 2.75) is 52.7 Å². The molecule has 19 nitrogen and oxygen atoms in total. The second-order valence-electron chi connectivity index (χ2n) is 18.7. The number of amides is 2. The van der Waals surface area contributed by atoms with Gasteiger partial charge in [0.15, 0.2) is 17.3 Å². The SMILES string of the molecule is CC(C)(C)OC(=O)N(C(=O)OC(C)(C)C)c1ncnc2oc(-c3ccccc3)c(Br)c12.N#Cc1cc(-c2ccccc2)oc1N.Nc1ncnc2oc(-c3ccccc3)c(Br)c12.Nc1ncnc2oc(-c3ccccc3)cc12. The average Bonchev–Trinajstić information content (AvgIpc) is 4.26. The van der Waals surface area contributed by atoms with Gasteiger partial charge in [-0.15, -0.1) is 0 Å². The molecule has 21 heteroatoms. The van der Waals surface area contributed by atoms with E-state index in [9.17, 15) is 9.59 Å². The second kappa shape index (κ2) is 23.7. The zero-order chi connectivity index (χ0) is 55.7. The summed E-state index contributed by atoms with van der Waals surface area (Å²) >= 11 is 7.01. The van der Waals surface area contributed by atoms with E-state index >= 15 is 0 Å². The van der Waals surface area contributed by atoms with Crippen molar-refractivity contribution in [2.24, 2.45) is 0 Å². The molecule has 11 rings (SSSR count). The van der Waals surface area contributed by atoms with Crippen LogP contribution in [-0.4, -0.2) is 53.3 Å². The van der Waals surface area contributed by atoms with E-state index in [-0.39, 0.29) is 17.4 Å². The van der Waals surface area contributed by atoms with Crippen molar-refractivity contribution in [1.29, 1.82) is 5.26 Å². The highest BCUT2D eigenvalue weighted by atomic mass is 79.9. The molecular weight excluding hydrogens is 1130 g/mol. The van der Waals surface area contributed by atoms with Crippen molar-refractivity contribution in [2.75, 3.05) is 22.1 Å². The zero-order valence-electron chi connectivity index (χ0n) is 42.8. The smallest absolute Gasteiger partial charge is 0.425 e. The highest BCUT2D eigenvalue weighted by Gasteiger charge is 2.36. The van der Waals surface area contributed by atoms with Crippen molar-refractivity contribution in [3.05, 3.63) is 167 Å². The maximum absolute atomic E-state index is 13.0. The van der Waals surface area contributed by atoms with Crippen LogP contribution < -0.4 is 22.1 Å². The molecule has 0 aliphatic carbocycles. The highest BCUT2D eigenvalue weighted by Crippen LogP contribution is 2.42. The van der Waals surface area contributed by atoms with E-state index in [1.165, 1.54) is 19.0 Å². The molecule has 7 heterocycles. The lowest BCUT2D eigenvalue weighted by atomic mass is 10.1. The number of nitrogens with zero attached hydrogens (tertiary/aromatic N) is 8. The molecule has 7 aromatic heterocycles. The van der Waals surface area contributed by atoms with Gasteiger partial charge < -0.3 is 44.3 Å². The summed E-state index contributed by atoms with van der Waals surface area (Å²) in [6, 6.07) is 44.0. The monoisotopic (exact) mass is 1170 g/mol. The summed E-state index contributed by atoms with van der Waals surface area (Å²) in [7, 11) is 0. The van der Waals surface area contributed by atoms with Crippen LogP contribution in [0.1, 0.15) is 47.1 Å². The van der Waals surface area contributed by atoms with Crippen LogP contribution in [0.5, 0.6) is 0 Å². The summed E-state index contributed by atoms with van der Waals surface area (Å²) in [4.78, 5) is 51.1. The number of rotatable bonds is 5. The number of halogens is 2. The minimum absolute atomic E-state index is 0.00805. The molecule has 0 saturated carbocycles. The molecule has 394 valence electrons. The summed E-state index contributed by atoms with van der Waals surface area (Å²) < 4.78 is 34.6. The van der Waals surface area contributed by atoms with Crippen LogP contribution >= 0.6 is 31.9 Å². The van der Waals surface area contributed by atoms with Gasteiger partial charge in [0.2, 0.25) is 23.0 Å². The van der Waals surface area contributed by atoms with Crippen molar-refractivity contribution in [3.63, 3.8) is 0 Å². The van der Waals surface area contributed by atoms with Gasteiger partial charge in [0, 0.05) is 28.3 Å². The molecule has 0 spiro atoms. The first-order chi connectivity index (χ1) is 37.3. The van der Waals surface area contributed by atoms with Gasteiger partial charge in [0.05, 0.1) is 25.1 Å². The van der Waals surface area contributed by atoms with E-state index < -0.39 is 23.4 Å². The van der Waals surface area contributed by atoms with Crippen LogP contribution in [0.15, 0.2) is 179 Å². The van der Waals surface area contributed by atoms with Crippen LogP contribution in [0.3, 0.4) is 0 Å². The van der Waals surface area contributed by atoms with E-state index in [0.717, 1.165) is 42.8 Å². The summed E-state index contributed by atoms with van der Waals surface area (Å²) in [5.74, 6) is 3.60. The minimum Gasteiger partial charge on any atom is -0.443 e. The first-order valence-electron chi connectivity index (χ1n) is 23.7. The van der Waals surface area contributed by atoms with Crippen LogP contribution in [0.2, 0.25) is 0 Å². The van der Waals surface area contributed by atoms with Gasteiger partial charge >= 0.3 is 12.2 Å². The molecule has 0 saturated heterocycles. The van der Waals surface area contributed by atoms with E-state index in [1.54, 1.807) is 47.6 Å². The molecular formula is C57H49Br2N11O8. The number of ether oxygens (including phenoxy) is 2. The van der Waals surface area contributed by atoms with Gasteiger partial charge in [-0.05, 0) is 79.5 Å². The predicted molar refractivity (Wildman–Crippen MR) is 304 cm³/mol.